The van der Waals surface area contributed by atoms with Crippen molar-refractivity contribution < 1.29 is 4.74 Å². The molecule has 1 saturated heterocycles. The Morgan fingerprint density at radius 2 is 2.05 bits per heavy atom. The van der Waals surface area contributed by atoms with Crippen molar-refractivity contribution in [1.82, 2.24) is 15.1 Å². The van der Waals surface area contributed by atoms with E-state index in [1.165, 1.54) is 29.8 Å². The molecule has 0 atom stereocenters. The van der Waals surface area contributed by atoms with E-state index in [9.17, 15) is 0 Å². The Kier molecular flexibility index (Phi) is 5.40. The summed E-state index contributed by atoms with van der Waals surface area (Å²) in [6.07, 6.45) is 3.43. The van der Waals surface area contributed by atoms with Gasteiger partial charge in [-0.1, -0.05) is 6.92 Å². The lowest BCUT2D eigenvalue weighted by Gasteiger charge is -2.22. The van der Waals surface area contributed by atoms with Crippen LogP contribution in [0.15, 0.2) is 0 Å². The average molecular weight is 265 g/mol. The fourth-order valence-electron chi connectivity index (χ4n) is 2.84. The third-order valence-corrected chi connectivity index (χ3v) is 4.11. The molecule has 2 heterocycles. The lowest BCUT2D eigenvalue weighted by atomic mass is 10.0. The van der Waals surface area contributed by atoms with Crippen LogP contribution in [0, 0.1) is 19.8 Å². The molecule has 1 N–H and O–H groups in total. The number of nitrogens with one attached hydrogen (secondary N) is 1. The number of nitrogens with zero attached hydrogens (tertiary/aromatic N) is 2. The van der Waals surface area contributed by atoms with E-state index in [1.54, 1.807) is 0 Å². The van der Waals surface area contributed by atoms with E-state index in [0.717, 1.165) is 45.2 Å². The standard InChI is InChI=1S/C15H27N3O/c1-4-16-8-5-15-12(2)17-18(13(15)3)11-14-6-9-19-10-7-14/h14,16H,4-11H2,1-3H3. The summed E-state index contributed by atoms with van der Waals surface area (Å²) in [5.74, 6) is 0.730. The zero-order valence-corrected chi connectivity index (χ0v) is 12.5. The molecule has 1 aromatic rings. The second kappa shape index (κ2) is 7.06. The number of hydrogen-bond donors (Lipinski definition) is 1. The molecule has 1 aliphatic heterocycles. The van der Waals surface area contributed by atoms with Crippen molar-refractivity contribution >= 4 is 0 Å². The highest BCUT2D eigenvalue weighted by atomic mass is 16.5. The molecule has 0 saturated carbocycles. The van der Waals surface area contributed by atoms with Crippen LogP contribution >= 0.6 is 0 Å². The maximum atomic E-state index is 5.42. The Morgan fingerprint density at radius 1 is 1.32 bits per heavy atom. The van der Waals surface area contributed by atoms with Crippen molar-refractivity contribution in [2.24, 2.45) is 5.92 Å². The average Bonchev–Trinajstić information content (AvgIpc) is 2.68. The monoisotopic (exact) mass is 265 g/mol. The molecule has 0 radical (unpaired) electrons. The largest absolute Gasteiger partial charge is 0.381 e. The minimum absolute atomic E-state index is 0.730. The lowest BCUT2D eigenvalue weighted by molar-refractivity contribution is 0.0599. The van der Waals surface area contributed by atoms with Gasteiger partial charge in [0, 0.05) is 25.5 Å². The van der Waals surface area contributed by atoms with Gasteiger partial charge in [-0.15, -0.1) is 0 Å². The second-order valence-corrected chi connectivity index (χ2v) is 5.49. The normalized spacial score (nSPS) is 17.0. The van der Waals surface area contributed by atoms with Crippen LogP contribution in [0.2, 0.25) is 0 Å². The number of hydrogen-bond acceptors (Lipinski definition) is 3. The first kappa shape index (κ1) is 14.5. The highest BCUT2D eigenvalue weighted by Gasteiger charge is 2.17. The van der Waals surface area contributed by atoms with Gasteiger partial charge in [0.05, 0.1) is 5.69 Å². The highest BCUT2D eigenvalue weighted by Crippen LogP contribution is 2.20. The van der Waals surface area contributed by atoms with Gasteiger partial charge in [0.25, 0.3) is 0 Å². The lowest BCUT2D eigenvalue weighted by Crippen LogP contribution is -2.21. The summed E-state index contributed by atoms with van der Waals surface area (Å²) in [5.41, 5.74) is 3.97. The maximum absolute atomic E-state index is 5.42. The van der Waals surface area contributed by atoms with Crippen LogP contribution < -0.4 is 5.32 Å². The zero-order valence-electron chi connectivity index (χ0n) is 12.5. The maximum Gasteiger partial charge on any atom is 0.0628 e. The van der Waals surface area contributed by atoms with Crippen LogP contribution in [0.25, 0.3) is 0 Å². The van der Waals surface area contributed by atoms with E-state index in [-0.39, 0.29) is 0 Å². The zero-order chi connectivity index (χ0) is 13.7. The molecule has 0 spiro atoms. The summed E-state index contributed by atoms with van der Waals surface area (Å²) < 4.78 is 7.64. The second-order valence-electron chi connectivity index (χ2n) is 5.49. The summed E-state index contributed by atoms with van der Waals surface area (Å²) >= 11 is 0. The van der Waals surface area contributed by atoms with Gasteiger partial charge in [-0.25, -0.2) is 0 Å². The minimum Gasteiger partial charge on any atom is -0.381 e. The van der Waals surface area contributed by atoms with E-state index in [1.807, 2.05) is 0 Å². The number of ether oxygens (including phenoxy) is 1. The smallest absolute Gasteiger partial charge is 0.0628 e. The Hall–Kier alpha value is -0.870. The van der Waals surface area contributed by atoms with E-state index in [0.29, 0.717) is 0 Å². The van der Waals surface area contributed by atoms with Crippen LogP contribution in [-0.2, 0) is 17.7 Å². The van der Waals surface area contributed by atoms with Gasteiger partial charge in [0.15, 0.2) is 0 Å². The van der Waals surface area contributed by atoms with Crippen molar-refractivity contribution in [1.29, 1.82) is 0 Å². The van der Waals surface area contributed by atoms with E-state index in [4.69, 9.17) is 9.84 Å². The minimum atomic E-state index is 0.730. The highest BCUT2D eigenvalue weighted by molar-refractivity contribution is 5.24. The Labute approximate surface area is 116 Å². The fraction of sp³-hybridized carbons (Fsp3) is 0.800. The van der Waals surface area contributed by atoms with E-state index >= 15 is 0 Å². The summed E-state index contributed by atoms with van der Waals surface area (Å²) in [5, 5.41) is 8.12. The number of aromatic nitrogens is 2. The predicted octanol–water partition coefficient (Wildman–Crippen LogP) is 2.08. The molecular formula is C15H27N3O. The molecule has 4 nitrogen and oxygen atoms in total. The van der Waals surface area contributed by atoms with Crippen molar-refractivity contribution in [3.63, 3.8) is 0 Å². The molecule has 1 aromatic heterocycles. The van der Waals surface area contributed by atoms with Crippen molar-refractivity contribution in [2.75, 3.05) is 26.3 Å². The summed E-state index contributed by atoms with van der Waals surface area (Å²) in [7, 11) is 0. The first-order valence-corrected chi connectivity index (χ1v) is 7.53. The van der Waals surface area contributed by atoms with E-state index in [2.05, 4.69) is 30.8 Å². The van der Waals surface area contributed by atoms with Gasteiger partial charge in [0.1, 0.15) is 0 Å². The molecule has 19 heavy (non-hydrogen) atoms. The topological polar surface area (TPSA) is 39.1 Å². The quantitative estimate of drug-likeness (QED) is 0.800. The SMILES string of the molecule is CCNCCc1c(C)nn(CC2CCOCC2)c1C. The van der Waals surface area contributed by atoms with Crippen molar-refractivity contribution in [3.8, 4) is 0 Å². The van der Waals surface area contributed by atoms with Gasteiger partial charge in [-0.05, 0) is 57.7 Å². The Morgan fingerprint density at radius 3 is 2.74 bits per heavy atom. The molecule has 0 aliphatic carbocycles. The van der Waals surface area contributed by atoms with Crippen LogP contribution in [0.4, 0.5) is 0 Å². The summed E-state index contributed by atoms with van der Waals surface area (Å²) in [6.45, 7) is 11.4. The van der Waals surface area contributed by atoms with Crippen molar-refractivity contribution in [2.45, 2.75) is 46.6 Å². The van der Waals surface area contributed by atoms with Gasteiger partial charge < -0.3 is 10.1 Å². The molecule has 0 unspecified atom stereocenters. The fourth-order valence-corrected chi connectivity index (χ4v) is 2.84. The third kappa shape index (κ3) is 3.80. The third-order valence-electron chi connectivity index (χ3n) is 4.11. The number of rotatable bonds is 6. The first-order chi connectivity index (χ1) is 9.22. The molecule has 0 bridgehead atoms. The number of aryl methyl sites for hydroxylation is 1. The Balaban J connectivity index is 1.98. The van der Waals surface area contributed by atoms with Gasteiger partial charge in [0.2, 0.25) is 0 Å². The molecule has 1 aliphatic rings. The van der Waals surface area contributed by atoms with Crippen LogP contribution in [-0.4, -0.2) is 36.1 Å². The molecule has 4 heteroatoms. The Bertz CT molecular complexity index is 394. The molecule has 0 amide bonds. The van der Waals surface area contributed by atoms with E-state index < -0.39 is 0 Å². The van der Waals surface area contributed by atoms with Gasteiger partial charge >= 0.3 is 0 Å². The van der Waals surface area contributed by atoms with Crippen LogP contribution in [0.5, 0.6) is 0 Å². The molecule has 2 rings (SSSR count). The van der Waals surface area contributed by atoms with Crippen molar-refractivity contribution in [3.05, 3.63) is 17.0 Å². The van der Waals surface area contributed by atoms with Crippen LogP contribution in [0.3, 0.4) is 0 Å². The molecule has 108 valence electrons. The van der Waals surface area contributed by atoms with Gasteiger partial charge in [-0.2, -0.15) is 5.10 Å². The van der Waals surface area contributed by atoms with Gasteiger partial charge in [-0.3, -0.25) is 4.68 Å². The molecule has 0 aromatic carbocycles. The first-order valence-electron chi connectivity index (χ1n) is 7.53. The van der Waals surface area contributed by atoms with Crippen LogP contribution in [0.1, 0.15) is 36.7 Å². The predicted molar refractivity (Wildman–Crippen MR) is 77.5 cm³/mol. The summed E-state index contributed by atoms with van der Waals surface area (Å²) in [6, 6.07) is 0. The summed E-state index contributed by atoms with van der Waals surface area (Å²) in [4.78, 5) is 0. The number of likely N-dealkylation sites (N-methyl/N-ethyl adjacent to an activating group) is 1. The molecule has 1 fully saturated rings. The molecular weight excluding hydrogens is 238 g/mol.